The average Bonchev–Trinajstić information content (AvgIpc) is 2.30. The second kappa shape index (κ2) is 4.78. The summed E-state index contributed by atoms with van der Waals surface area (Å²) in [7, 11) is 1.84. The number of anilines is 1. The van der Waals surface area contributed by atoms with Crippen molar-refractivity contribution in [2.75, 3.05) is 24.2 Å². The molecule has 16 heavy (non-hydrogen) atoms. The van der Waals surface area contributed by atoms with Gasteiger partial charge in [-0.1, -0.05) is 18.2 Å². The molecule has 0 aliphatic carbocycles. The molecule has 0 spiro atoms. The van der Waals surface area contributed by atoms with Crippen LogP contribution in [0.1, 0.15) is 12.0 Å². The summed E-state index contributed by atoms with van der Waals surface area (Å²) in [4.78, 5) is 15.6. The third-order valence-electron chi connectivity index (χ3n) is 2.79. The second-order valence-corrected chi connectivity index (χ2v) is 4.44. The summed E-state index contributed by atoms with van der Waals surface area (Å²) in [6, 6.07) is 8.16. The minimum absolute atomic E-state index is 0.0838. The lowest BCUT2D eigenvalue weighted by atomic mass is 10.1. The van der Waals surface area contributed by atoms with Crippen LogP contribution in [0.5, 0.6) is 0 Å². The summed E-state index contributed by atoms with van der Waals surface area (Å²) >= 11 is 4.19. The van der Waals surface area contributed by atoms with Crippen LogP contribution in [0.2, 0.25) is 0 Å². The quantitative estimate of drug-likeness (QED) is 0.800. The summed E-state index contributed by atoms with van der Waals surface area (Å²) in [5.41, 5.74) is 2.26. The summed E-state index contributed by atoms with van der Waals surface area (Å²) in [6.07, 6.45) is 0.914. The molecule has 0 bridgehead atoms. The minimum Gasteiger partial charge on any atom is -0.323 e. The average molecular weight is 236 g/mol. The van der Waals surface area contributed by atoms with Crippen molar-refractivity contribution >= 4 is 24.3 Å². The lowest BCUT2D eigenvalue weighted by molar-refractivity contribution is 0.210. The van der Waals surface area contributed by atoms with Crippen molar-refractivity contribution in [3.63, 3.8) is 0 Å². The predicted molar refractivity (Wildman–Crippen MR) is 69.1 cm³/mol. The third kappa shape index (κ3) is 2.02. The molecule has 0 fully saturated rings. The van der Waals surface area contributed by atoms with Crippen molar-refractivity contribution in [2.45, 2.75) is 13.0 Å². The van der Waals surface area contributed by atoms with E-state index in [1.165, 1.54) is 5.56 Å². The predicted octanol–water partition coefficient (Wildman–Crippen LogP) is 2.38. The van der Waals surface area contributed by atoms with Crippen molar-refractivity contribution < 1.29 is 4.79 Å². The number of rotatable bonds is 3. The first kappa shape index (κ1) is 11.3. The molecule has 0 N–H and O–H groups in total. The molecule has 0 unspecified atom stereocenters. The minimum atomic E-state index is 0.0838. The molecule has 0 atom stereocenters. The number of hydrogen-bond donors (Lipinski definition) is 1. The molecule has 0 aromatic heterocycles. The third-order valence-corrected chi connectivity index (χ3v) is 3.10. The number of thiol groups is 1. The standard InChI is InChI=1S/C12H16N2OS/c1-13-9-10-5-2-3-6-11(10)14(12(13)15)7-4-8-16/h2-3,5-6,16H,4,7-9H2,1H3. The zero-order valence-corrected chi connectivity index (χ0v) is 10.3. The lowest BCUT2D eigenvalue weighted by Gasteiger charge is -2.35. The largest absolute Gasteiger partial charge is 0.324 e. The van der Waals surface area contributed by atoms with Gasteiger partial charge in [0.25, 0.3) is 0 Å². The van der Waals surface area contributed by atoms with Gasteiger partial charge in [-0.3, -0.25) is 4.90 Å². The van der Waals surface area contributed by atoms with E-state index in [1.807, 2.05) is 30.1 Å². The molecule has 1 aromatic rings. The number of amides is 2. The van der Waals surface area contributed by atoms with Crippen LogP contribution in [0, 0.1) is 0 Å². The Morgan fingerprint density at radius 1 is 1.38 bits per heavy atom. The van der Waals surface area contributed by atoms with E-state index >= 15 is 0 Å². The number of carbonyl (C=O) groups excluding carboxylic acids is 1. The molecule has 2 amide bonds. The van der Waals surface area contributed by atoms with Crippen molar-refractivity contribution in [1.82, 2.24) is 4.90 Å². The topological polar surface area (TPSA) is 23.6 Å². The maximum Gasteiger partial charge on any atom is 0.324 e. The van der Waals surface area contributed by atoms with Crippen LogP contribution in [0.25, 0.3) is 0 Å². The van der Waals surface area contributed by atoms with Gasteiger partial charge in [-0.05, 0) is 23.8 Å². The fraction of sp³-hybridized carbons (Fsp3) is 0.417. The molecule has 1 heterocycles. The number of fused-ring (bicyclic) bond motifs is 1. The van der Waals surface area contributed by atoms with Gasteiger partial charge in [0.05, 0.1) is 5.69 Å². The molecule has 86 valence electrons. The van der Waals surface area contributed by atoms with Gasteiger partial charge >= 0.3 is 6.03 Å². The van der Waals surface area contributed by atoms with Gasteiger partial charge in [-0.15, -0.1) is 0 Å². The van der Waals surface area contributed by atoms with E-state index in [2.05, 4.69) is 18.7 Å². The van der Waals surface area contributed by atoms with Crippen LogP contribution in [0.15, 0.2) is 24.3 Å². The van der Waals surface area contributed by atoms with Crippen molar-refractivity contribution in [1.29, 1.82) is 0 Å². The Bertz CT molecular complexity index is 394. The lowest BCUT2D eigenvalue weighted by Crippen LogP contribution is -2.45. The Morgan fingerprint density at radius 2 is 2.12 bits per heavy atom. The highest BCUT2D eigenvalue weighted by Crippen LogP contribution is 2.27. The smallest absolute Gasteiger partial charge is 0.323 e. The van der Waals surface area contributed by atoms with Crippen LogP contribution in [0.4, 0.5) is 10.5 Å². The van der Waals surface area contributed by atoms with Crippen molar-refractivity contribution in [2.24, 2.45) is 0 Å². The SMILES string of the molecule is CN1Cc2ccccc2N(CCCS)C1=O. The number of urea groups is 1. The Kier molecular flexibility index (Phi) is 3.39. The van der Waals surface area contributed by atoms with E-state index in [0.717, 1.165) is 24.4 Å². The Hall–Kier alpha value is -1.16. The summed E-state index contributed by atoms with van der Waals surface area (Å²) in [5.74, 6) is 0.801. The first-order valence-electron chi connectivity index (χ1n) is 5.45. The Morgan fingerprint density at radius 3 is 2.88 bits per heavy atom. The Labute approximate surface area is 101 Å². The second-order valence-electron chi connectivity index (χ2n) is 4.00. The molecule has 2 rings (SSSR count). The highest BCUT2D eigenvalue weighted by atomic mass is 32.1. The highest BCUT2D eigenvalue weighted by Gasteiger charge is 2.26. The van der Waals surface area contributed by atoms with Gasteiger partial charge in [0, 0.05) is 20.1 Å². The first-order chi connectivity index (χ1) is 7.74. The molecule has 4 heteroatoms. The zero-order valence-electron chi connectivity index (χ0n) is 9.39. The van der Waals surface area contributed by atoms with Gasteiger partial charge in [-0.25, -0.2) is 4.79 Å². The summed E-state index contributed by atoms with van der Waals surface area (Å²) in [6.45, 7) is 1.44. The van der Waals surface area contributed by atoms with E-state index in [4.69, 9.17) is 0 Å². The maximum atomic E-state index is 12.0. The van der Waals surface area contributed by atoms with Crippen LogP contribution in [0.3, 0.4) is 0 Å². The van der Waals surface area contributed by atoms with Crippen molar-refractivity contribution in [3.8, 4) is 0 Å². The zero-order chi connectivity index (χ0) is 11.5. The van der Waals surface area contributed by atoms with Gasteiger partial charge in [0.1, 0.15) is 0 Å². The molecule has 1 aliphatic rings. The molecule has 1 aliphatic heterocycles. The van der Waals surface area contributed by atoms with Crippen LogP contribution >= 0.6 is 12.6 Å². The van der Waals surface area contributed by atoms with Crippen LogP contribution < -0.4 is 4.90 Å². The fourth-order valence-electron chi connectivity index (χ4n) is 1.99. The van der Waals surface area contributed by atoms with Gasteiger partial charge in [0.2, 0.25) is 0 Å². The molecule has 0 saturated heterocycles. The van der Waals surface area contributed by atoms with Gasteiger partial charge in [0.15, 0.2) is 0 Å². The van der Waals surface area contributed by atoms with Crippen molar-refractivity contribution in [3.05, 3.63) is 29.8 Å². The number of benzene rings is 1. The Balaban J connectivity index is 2.30. The summed E-state index contributed by atoms with van der Waals surface area (Å²) in [5, 5.41) is 0. The van der Waals surface area contributed by atoms with E-state index < -0.39 is 0 Å². The van der Waals surface area contributed by atoms with Crippen LogP contribution in [-0.4, -0.2) is 30.3 Å². The number of para-hydroxylation sites is 1. The fourth-order valence-corrected chi connectivity index (χ4v) is 2.13. The van der Waals surface area contributed by atoms with E-state index in [0.29, 0.717) is 6.54 Å². The maximum absolute atomic E-state index is 12.0. The molecule has 1 aromatic carbocycles. The normalized spacial score (nSPS) is 15.2. The number of hydrogen-bond acceptors (Lipinski definition) is 2. The van der Waals surface area contributed by atoms with E-state index in [1.54, 1.807) is 4.90 Å². The molecule has 0 saturated carbocycles. The number of nitrogens with zero attached hydrogens (tertiary/aromatic N) is 2. The molecule has 0 radical (unpaired) electrons. The van der Waals surface area contributed by atoms with E-state index in [-0.39, 0.29) is 6.03 Å². The van der Waals surface area contributed by atoms with E-state index in [9.17, 15) is 4.79 Å². The first-order valence-corrected chi connectivity index (χ1v) is 6.08. The van der Waals surface area contributed by atoms with Gasteiger partial charge < -0.3 is 4.90 Å². The molecular weight excluding hydrogens is 220 g/mol. The van der Waals surface area contributed by atoms with Crippen LogP contribution in [-0.2, 0) is 6.54 Å². The monoisotopic (exact) mass is 236 g/mol. The molecular formula is C12H16N2OS. The summed E-state index contributed by atoms with van der Waals surface area (Å²) < 4.78 is 0. The number of carbonyl (C=O) groups is 1. The highest BCUT2D eigenvalue weighted by molar-refractivity contribution is 7.80. The van der Waals surface area contributed by atoms with Gasteiger partial charge in [-0.2, -0.15) is 12.6 Å². The molecule has 3 nitrogen and oxygen atoms in total.